The van der Waals surface area contributed by atoms with Crippen molar-refractivity contribution in [1.82, 2.24) is 15.1 Å². The van der Waals surface area contributed by atoms with Gasteiger partial charge in [-0.1, -0.05) is 0 Å². The predicted molar refractivity (Wildman–Crippen MR) is 66.6 cm³/mol. The summed E-state index contributed by atoms with van der Waals surface area (Å²) in [7, 11) is 0. The van der Waals surface area contributed by atoms with E-state index in [9.17, 15) is 9.90 Å². The molecule has 4 N–H and O–H groups in total. The fourth-order valence-electron chi connectivity index (χ4n) is 2.30. The zero-order chi connectivity index (χ0) is 13.0. The molecular weight excluding hydrogens is 232 g/mol. The van der Waals surface area contributed by atoms with Gasteiger partial charge in [0.05, 0.1) is 12.6 Å². The molecule has 3 atom stereocenters. The van der Waals surface area contributed by atoms with E-state index in [2.05, 4.69) is 10.4 Å². The molecule has 1 amide bonds. The summed E-state index contributed by atoms with van der Waals surface area (Å²) in [5.74, 6) is -0.0365. The average Bonchev–Trinajstić information content (AvgIpc) is 2.85. The number of hydrogen-bond donors (Lipinski definition) is 3. The summed E-state index contributed by atoms with van der Waals surface area (Å²) in [5.41, 5.74) is 5.77. The van der Waals surface area contributed by atoms with Gasteiger partial charge in [0.2, 0.25) is 5.91 Å². The molecule has 1 heterocycles. The number of hydrogen-bond acceptors (Lipinski definition) is 4. The molecule has 0 bridgehead atoms. The predicted octanol–water partition coefficient (Wildman–Crippen LogP) is -0.512. The lowest BCUT2D eigenvalue weighted by Gasteiger charge is -2.29. The van der Waals surface area contributed by atoms with Crippen molar-refractivity contribution in [2.45, 2.75) is 38.0 Å². The molecule has 0 unspecified atom stereocenters. The number of nitrogens with two attached hydrogens (primary N) is 1. The van der Waals surface area contributed by atoms with E-state index in [1.54, 1.807) is 10.9 Å². The molecule has 0 aromatic carbocycles. The number of aliphatic hydroxyl groups is 1. The minimum absolute atomic E-state index is 0.0320. The van der Waals surface area contributed by atoms with Gasteiger partial charge in [-0.3, -0.25) is 9.48 Å². The second kappa shape index (κ2) is 5.97. The maximum Gasteiger partial charge on any atom is 0.223 e. The standard InChI is InChI=1S/C12H20N4O2/c13-10-8-9(2-3-11(10)17)12(18)14-5-7-16-6-1-4-15-16/h1,4,6,9-11,17H,2-3,5,7-8,13H2,(H,14,18)/t9-,10+,11+/m0/s1. The van der Waals surface area contributed by atoms with Crippen molar-refractivity contribution >= 4 is 5.91 Å². The Hall–Kier alpha value is -1.40. The van der Waals surface area contributed by atoms with E-state index < -0.39 is 6.10 Å². The molecule has 1 aliphatic rings. The van der Waals surface area contributed by atoms with Crippen molar-refractivity contribution in [3.05, 3.63) is 18.5 Å². The van der Waals surface area contributed by atoms with Crippen LogP contribution in [-0.2, 0) is 11.3 Å². The van der Waals surface area contributed by atoms with Gasteiger partial charge >= 0.3 is 0 Å². The highest BCUT2D eigenvalue weighted by molar-refractivity contribution is 5.78. The van der Waals surface area contributed by atoms with E-state index in [4.69, 9.17) is 5.73 Å². The van der Waals surface area contributed by atoms with Crippen LogP contribution in [0.25, 0.3) is 0 Å². The molecule has 6 nitrogen and oxygen atoms in total. The summed E-state index contributed by atoms with van der Waals surface area (Å²) >= 11 is 0. The fourth-order valence-corrected chi connectivity index (χ4v) is 2.30. The van der Waals surface area contributed by atoms with E-state index in [1.807, 2.05) is 12.3 Å². The quantitative estimate of drug-likeness (QED) is 0.672. The summed E-state index contributed by atoms with van der Waals surface area (Å²) in [4.78, 5) is 11.9. The van der Waals surface area contributed by atoms with Crippen LogP contribution in [0, 0.1) is 5.92 Å². The van der Waals surface area contributed by atoms with Gasteiger partial charge in [0.15, 0.2) is 0 Å². The minimum Gasteiger partial charge on any atom is -0.392 e. The van der Waals surface area contributed by atoms with Crippen LogP contribution in [0.3, 0.4) is 0 Å². The van der Waals surface area contributed by atoms with Crippen LogP contribution in [0.1, 0.15) is 19.3 Å². The van der Waals surface area contributed by atoms with Crippen LogP contribution in [0.2, 0.25) is 0 Å². The first-order valence-corrected chi connectivity index (χ1v) is 6.35. The van der Waals surface area contributed by atoms with Crippen molar-refractivity contribution in [1.29, 1.82) is 0 Å². The van der Waals surface area contributed by atoms with Crippen LogP contribution in [0.15, 0.2) is 18.5 Å². The molecule has 1 saturated carbocycles. The Morgan fingerprint density at radius 2 is 2.39 bits per heavy atom. The average molecular weight is 252 g/mol. The number of aliphatic hydroxyl groups excluding tert-OH is 1. The first-order valence-electron chi connectivity index (χ1n) is 6.35. The monoisotopic (exact) mass is 252 g/mol. The third kappa shape index (κ3) is 3.30. The molecule has 0 aliphatic heterocycles. The summed E-state index contributed by atoms with van der Waals surface area (Å²) in [5, 5.41) is 16.5. The number of rotatable bonds is 4. The molecule has 18 heavy (non-hydrogen) atoms. The van der Waals surface area contributed by atoms with Gasteiger partial charge in [-0.2, -0.15) is 5.10 Å². The Labute approximate surface area is 106 Å². The lowest BCUT2D eigenvalue weighted by Crippen LogP contribution is -2.45. The van der Waals surface area contributed by atoms with Crippen molar-refractivity contribution in [2.75, 3.05) is 6.54 Å². The molecule has 1 aliphatic carbocycles. The zero-order valence-corrected chi connectivity index (χ0v) is 10.3. The molecule has 2 rings (SSSR count). The molecule has 1 fully saturated rings. The molecule has 6 heteroatoms. The van der Waals surface area contributed by atoms with Gasteiger partial charge in [0.25, 0.3) is 0 Å². The fraction of sp³-hybridized carbons (Fsp3) is 0.667. The number of nitrogens with zero attached hydrogens (tertiary/aromatic N) is 2. The zero-order valence-electron chi connectivity index (χ0n) is 10.3. The van der Waals surface area contributed by atoms with Crippen molar-refractivity contribution in [2.24, 2.45) is 11.7 Å². The van der Waals surface area contributed by atoms with E-state index >= 15 is 0 Å². The number of nitrogens with one attached hydrogen (secondary N) is 1. The lowest BCUT2D eigenvalue weighted by molar-refractivity contribution is -0.126. The van der Waals surface area contributed by atoms with Gasteiger partial charge in [0.1, 0.15) is 0 Å². The number of carbonyl (C=O) groups excluding carboxylic acids is 1. The lowest BCUT2D eigenvalue weighted by atomic mass is 9.84. The van der Waals surface area contributed by atoms with Crippen LogP contribution in [0.5, 0.6) is 0 Å². The molecule has 1 aromatic rings. The Morgan fingerprint density at radius 1 is 1.56 bits per heavy atom. The van der Waals surface area contributed by atoms with Gasteiger partial charge in [0, 0.05) is 30.9 Å². The smallest absolute Gasteiger partial charge is 0.223 e. The summed E-state index contributed by atoms with van der Waals surface area (Å²) < 4.78 is 1.77. The second-order valence-corrected chi connectivity index (χ2v) is 4.80. The normalized spacial score (nSPS) is 28.0. The molecule has 100 valence electrons. The molecule has 0 saturated heterocycles. The number of carbonyl (C=O) groups is 1. The van der Waals surface area contributed by atoms with E-state index in [0.717, 1.165) is 0 Å². The Bertz CT molecular complexity index is 379. The first kappa shape index (κ1) is 13.0. The summed E-state index contributed by atoms with van der Waals surface area (Å²) in [6, 6.07) is 1.57. The van der Waals surface area contributed by atoms with Gasteiger partial charge in [-0.25, -0.2) is 0 Å². The van der Waals surface area contributed by atoms with Crippen LogP contribution < -0.4 is 11.1 Å². The Kier molecular flexibility index (Phi) is 4.33. The minimum atomic E-state index is -0.460. The largest absolute Gasteiger partial charge is 0.392 e. The van der Waals surface area contributed by atoms with Crippen LogP contribution >= 0.6 is 0 Å². The number of amides is 1. The first-order chi connectivity index (χ1) is 8.66. The van der Waals surface area contributed by atoms with Gasteiger partial charge in [-0.15, -0.1) is 0 Å². The molecule has 1 aromatic heterocycles. The molecular formula is C12H20N4O2. The highest BCUT2D eigenvalue weighted by Crippen LogP contribution is 2.23. The summed E-state index contributed by atoms with van der Waals surface area (Å²) in [6.45, 7) is 1.23. The van der Waals surface area contributed by atoms with Crippen LogP contribution in [-0.4, -0.2) is 39.5 Å². The summed E-state index contributed by atoms with van der Waals surface area (Å²) in [6.07, 6.45) is 5.00. The van der Waals surface area contributed by atoms with E-state index in [0.29, 0.717) is 32.4 Å². The van der Waals surface area contributed by atoms with Crippen molar-refractivity contribution < 1.29 is 9.90 Å². The van der Waals surface area contributed by atoms with Crippen LogP contribution in [0.4, 0.5) is 0 Å². The van der Waals surface area contributed by atoms with Crippen molar-refractivity contribution in [3.8, 4) is 0 Å². The van der Waals surface area contributed by atoms with Gasteiger partial charge in [-0.05, 0) is 25.3 Å². The molecule has 0 radical (unpaired) electrons. The molecule has 0 spiro atoms. The van der Waals surface area contributed by atoms with E-state index in [1.165, 1.54) is 0 Å². The number of aromatic nitrogens is 2. The van der Waals surface area contributed by atoms with Crippen molar-refractivity contribution in [3.63, 3.8) is 0 Å². The van der Waals surface area contributed by atoms with E-state index in [-0.39, 0.29) is 17.9 Å². The Morgan fingerprint density at radius 3 is 3.06 bits per heavy atom. The van der Waals surface area contributed by atoms with Gasteiger partial charge < -0.3 is 16.2 Å². The maximum absolute atomic E-state index is 11.9. The third-order valence-electron chi connectivity index (χ3n) is 3.43. The topological polar surface area (TPSA) is 93.2 Å². The second-order valence-electron chi connectivity index (χ2n) is 4.80. The maximum atomic E-state index is 11.9. The third-order valence-corrected chi connectivity index (χ3v) is 3.43. The SMILES string of the molecule is N[C@@H]1C[C@@H](C(=O)NCCn2cccn2)CC[C@H]1O. The highest BCUT2D eigenvalue weighted by atomic mass is 16.3. The highest BCUT2D eigenvalue weighted by Gasteiger charge is 2.30. The Balaban J connectivity index is 1.71.